The number of hydrogen-bond donors (Lipinski definition) is 1. The summed E-state index contributed by atoms with van der Waals surface area (Å²) in [6.07, 6.45) is 4.70. The van der Waals surface area contributed by atoms with Crippen LogP contribution in [0.15, 0.2) is 18.2 Å². The van der Waals surface area contributed by atoms with Gasteiger partial charge in [-0.3, -0.25) is 4.79 Å². The van der Waals surface area contributed by atoms with E-state index in [1.165, 1.54) is 0 Å². The highest BCUT2D eigenvalue weighted by Crippen LogP contribution is 2.44. The van der Waals surface area contributed by atoms with E-state index in [9.17, 15) is 4.79 Å². The van der Waals surface area contributed by atoms with Crippen LogP contribution >= 0.6 is 0 Å². The Labute approximate surface area is 155 Å². The monoisotopic (exact) mass is 363 g/mol. The van der Waals surface area contributed by atoms with Crippen molar-refractivity contribution in [1.82, 2.24) is 5.32 Å². The second-order valence-corrected chi connectivity index (χ2v) is 6.86. The average molecular weight is 363 g/mol. The first-order valence-electron chi connectivity index (χ1n) is 9.51. The highest BCUT2D eigenvalue weighted by Gasteiger charge is 2.43. The third-order valence-corrected chi connectivity index (χ3v) is 5.17. The lowest BCUT2D eigenvalue weighted by atomic mass is 9.77. The summed E-state index contributed by atoms with van der Waals surface area (Å²) in [4.78, 5) is 13.0. The van der Waals surface area contributed by atoms with Gasteiger partial charge in [0, 0.05) is 20.3 Å². The van der Waals surface area contributed by atoms with Gasteiger partial charge in [0.05, 0.1) is 18.6 Å². The zero-order valence-corrected chi connectivity index (χ0v) is 15.6. The highest BCUT2D eigenvalue weighted by molar-refractivity contribution is 5.88. The maximum atomic E-state index is 13.0. The van der Waals surface area contributed by atoms with Crippen LogP contribution in [0.25, 0.3) is 0 Å². The Morgan fingerprint density at radius 2 is 1.88 bits per heavy atom. The van der Waals surface area contributed by atoms with Gasteiger partial charge < -0.3 is 24.3 Å². The van der Waals surface area contributed by atoms with Crippen molar-refractivity contribution in [2.24, 2.45) is 0 Å². The number of methoxy groups -OCH3 is 1. The number of carbonyl (C=O) groups is 1. The van der Waals surface area contributed by atoms with E-state index in [1.54, 1.807) is 7.11 Å². The van der Waals surface area contributed by atoms with Crippen molar-refractivity contribution < 1.29 is 23.7 Å². The third kappa shape index (κ3) is 4.30. The first kappa shape index (κ1) is 19.0. The molecule has 1 aliphatic carbocycles. The Hall–Kier alpha value is -1.79. The molecule has 2 aliphatic rings. The minimum absolute atomic E-state index is 0.114. The Morgan fingerprint density at radius 3 is 2.65 bits per heavy atom. The van der Waals surface area contributed by atoms with E-state index in [1.807, 2.05) is 18.2 Å². The molecule has 1 saturated carbocycles. The van der Waals surface area contributed by atoms with Crippen LogP contribution in [-0.4, -0.2) is 52.6 Å². The van der Waals surface area contributed by atoms with Crippen molar-refractivity contribution >= 4 is 5.91 Å². The molecule has 3 rings (SSSR count). The Kier molecular flexibility index (Phi) is 6.74. The molecule has 144 valence electrons. The predicted molar refractivity (Wildman–Crippen MR) is 97.9 cm³/mol. The van der Waals surface area contributed by atoms with Crippen molar-refractivity contribution in [1.29, 1.82) is 0 Å². The molecule has 0 bridgehead atoms. The van der Waals surface area contributed by atoms with E-state index >= 15 is 0 Å². The predicted octanol–water partition coefficient (Wildman–Crippen LogP) is 2.44. The topological polar surface area (TPSA) is 66.0 Å². The summed E-state index contributed by atoms with van der Waals surface area (Å²) in [7, 11) is 1.66. The maximum absolute atomic E-state index is 13.0. The van der Waals surface area contributed by atoms with Crippen LogP contribution in [0.4, 0.5) is 0 Å². The molecule has 6 heteroatoms. The van der Waals surface area contributed by atoms with Gasteiger partial charge in [0.1, 0.15) is 13.2 Å². The number of benzene rings is 1. The lowest BCUT2D eigenvalue weighted by molar-refractivity contribution is -0.126. The zero-order chi connectivity index (χ0) is 18.2. The molecule has 0 atom stereocenters. The van der Waals surface area contributed by atoms with Crippen LogP contribution in [0.2, 0.25) is 0 Å². The highest BCUT2D eigenvalue weighted by atomic mass is 16.6. The van der Waals surface area contributed by atoms with Gasteiger partial charge in [-0.15, -0.1) is 0 Å². The summed E-state index contributed by atoms with van der Waals surface area (Å²) < 4.78 is 21.7. The standard InChI is InChI=1S/C20H29NO5/c1-23-11-12-24-10-4-9-21-19(22)20(7-2-3-8-20)16-5-6-17-18(15-16)26-14-13-25-17/h5-6,15H,2-4,7-14H2,1H3,(H,21,22). The van der Waals surface area contributed by atoms with Crippen LogP contribution in [0.1, 0.15) is 37.7 Å². The van der Waals surface area contributed by atoms with Crippen molar-refractivity contribution in [3.05, 3.63) is 23.8 Å². The van der Waals surface area contributed by atoms with Crippen LogP contribution in [-0.2, 0) is 19.7 Å². The molecule has 0 unspecified atom stereocenters. The number of rotatable bonds is 9. The molecule has 1 aromatic rings. The van der Waals surface area contributed by atoms with Gasteiger partial charge in [0.15, 0.2) is 11.5 Å². The fourth-order valence-corrected chi connectivity index (χ4v) is 3.76. The first-order valence-corrected chi connectivity index (χ1v) is 9.51. The van der Waals surface area contributed by atoms with E-state index < -0.39 is 5.41 Å². The zero-order valence-electron chi connectivity index (χ0n) is 15.6. The second kappa shape index (κ2) is 9.24. The molecule has 0 radical (unpaired) electrons. The molecule has 0 saturated heterocycles. The number of amides is 1. The number of carbonyl (C=O) groups excluding carboxylic acids is 1. The normalized spacial score (nSPS) is 17.9. The SMILES string of the molecule is COCCOCCCNC(=O)C1(c2ccc3c(c2)OCCO3)CCCC1. The molecule has 26 heavy (non-hydrogen) atoms. The molecule has 1 amide bonds. The summed E-state index contributed by atoms with van der Waals surface area (Å²) >= 11 is 0. The molecule has 0 aromatic heterocycles. The van der Waals surface area contributed by atoms with E-state index in [4.69, 9.17) is 18.9 Å². The molecule has 1 aliphatic heterocycles. The molecular formula is C20H29NO5. The van der Waals surface area contributed by atoms with Gasteiger partial charge in [-0.05, 0) is 37.0 Å². The van der Waals surface area contributed by atoms with Gasteiger partial charge in [0.25, 0.3) is 0 Å². The molecular weight excluding hydrogens is 334 g/mol. The molecule has 0 spiro atoms. The van der Waals surface area contributed by atoms with Gasteiger partial charge in [-0.25, -0.2) is 0 Å². The van der Waals surface area contributed by atoms with Crippen molar-refractivity contribution in [3.63, 3.8) is 0 Å². The van der Waals surface area contributed by atoms with E-state index in [-0.39, 0.29) is 5.91 Å². The number of nitrogens with one attached hydrogen (secondary N) is 1. The Morgan fingerprint density at radius 1 is 1.12 bits per heavy atom. The molecule has 1 heterocycles. The van der Waals surface area contributed by atoms with E-state index in [2.05, 4.69) is 5.32 Å². The van der Waals surface area contributed by atoms with Gasteiger partial charge >= 0.3 is 0 Å². The van der Waals surface area contributed by atoms with Crippen molar-refractivity contribution in [2.45, 2.75) is 37.5 Å². The first-order chi connectivity index (χ1) is 12.8. The fourth-order valence-electron chi connectivity index (χ4n) is 3.76. The minimum Gasteiger partial charge on any atom is -0.486 e. The fraction of sp³-hybridized carbons (Fsp3) is 0.650. The second-order valence-electron chi connectivity index (χ2n) is 6.86. The smallest absolute Gasteiger partial charge is 0.230 e. The average Bonchev–Trinajstić information content (AvgIpc) is 3.18. The largest absolute Gasteiger partial charge is 0.486 e. The van der Waals surface area contributed by atoms with Crippen LogP contribution in [0, 0.1) is 0 Å². The van der Waals surface area contributed by atoms with E-state index in [0.29, 0.717) is 39.6 Å². The summed E-state index contributed by atoms with van der Waals surface area (Å²) in [6, 6.07) is 5.94. The summed E-state index contributed by atoms with van der Waals surface area (Å²) in [6.45, 7) is 3.56. The minimum atomic E-state index is -0.452. The quantitative estimate of drug-likeness (QED) is 0.683. The van der Waals surface area contributed by atoms with Crippen LogP contribution in [0.5, 0.6) is 11.5 Å². The lowest BCUT2D eigenvalue weighted by Crippen LogP contribution is -2.43. The summed E-state index contributed by atoms with van der Waals surface area (Å²) in [5.74, 6) is 1.63. The summed E-state index contributed by atoms with van der Waals surface area (Å²) in [5.41, 5.74) is 0.584. The Bertz CT molecular complexity index is 598. The maximum Gasteiger partial charge on any atom is 0.230 e. The third-order valence-electron chi connectivity index (χ3n) is 5.17. The summed E-state index contributed by atoms with van der Waals surface area (Å²) in [5, 5.41) is 3.11. The van der Waals surface area contributed by atoms with Crippen LogP contribution in [0.3, 0.4) is 0 Å². The number of ether oxygens (including phenoxy) is 4. The Balaban J connectivity index is 1.60. The number of hydrogen-bond acceptors (Lipinski definition) is 5. The van der Waals surface area contributed by atoms with Crippen molar-refractivity contribution in [2.75, 3.05) is 46.7 Å². The lowest BCUT2D eigenvalue weighted by Gasteiger charge is -2.30. The molecule has 1 aromatic carbocycles. The van der Waals surface area contributed by atoms with E-state index in [0.717, 1.165) is 49.2 Å². The molecule has 1 N–H and O–H groups in total. The van der Waals surface area contributed by atoms with Gasteiger partial charge in [-0.2, -0.15) is 0 Å². The molecule has 1 fully saturated rings. The van der Waals surface area contributed by atoms with Crippen molar-refractivity contribution in [3.8, 4) is 11.5 Å². The number of fused-ring (bicyclic) bond motifs is 1. The molecule has 6 nitrogen and oxygen atoms in total. The van der Waals surface area contributed by atoms with Gasteiger partial charge in [-0.1, -0.05) is 18.9 Å². The van der Waals surface area contributed by atoms with Gasteiger partial charge in [0.2, 0.25) is 5.91 Å². The van der Waals surface area contributed by atoms with Crippen LogP contribution < -0.4 is 14.8 Å².